The zero-order valence-electron chi connectivity index (χ0n) is 9.93. The molecule has 17 heavy (non-hydrogen) atoms. The Morgan fingerprint density at radius 3 is 2.71 bits per heavy atom. The second-order valence-corrected chi connectivity index (χ2v) is 4.82. The molecular formula is C13H19N3O. The molecule has 1 unspecified atom stereocenters. The number of likely N-dealkylation sites (tertiary alicyclic amines) is 1. The van der Waals surface area contributed by atoms with Crippen LogP contribution < -0.4 is 11.5 Å². The van der Waals surface area contributed by atoms with Gasteiger partial charge in [-0.2, -0.15) is 0 Å². The van der Waals surface area contributed by atoms with Gasteiger partial charge in [0.25, 0.3) is 0 Å². The van der Waals surface area contributed by atoms with Crippen molar-refractivity contribution < 1.29 is 4.79 Å². The lowest BCUT2D eigenvalue weighted by Crippen LogP contribution is -2.61. The van der Waals surface area contributed by atoms with Crippen LogP contribution in [-0.4, -0.2) is 29.4 Å². The van der Waals surface area contributed by atoms with Crippen LogP contribution in [0.1, 0.15) is 18.4 Å². The number of hydrogen-bond donors (Lipinski definition) is 2. The first kappa shape index (κ1) is 12.1. The molecule has 4 nitrogen and oxygen atoms in total. The van der Waals surface area contributed by atoms with Crippen LogP contribution in [0.3, 0.4) is 0 Å². The summed E-state index contributed by atoms with van der Waals surface area (Å²) in [6, 6.07) is 10.2. The largest absolute Gasteiger partial charge is 0.368 e. The van der Waals surface area contributed by atoms with Gasteiger partial charge in [0.15, 0.2) is 0 Å². The molecule has 92 valence electrons. The Labute approximate surface area is 102 Å². The minimum Gasteiger partial charge on any atom is -0.368 e. The van der Waals surface area contributed by atoms with Gasteiger partial charge in [-0.15, -0.1) is 0 Å². The van der Waals surface area contributed by atoms with Gasteiger partial charge >= 0.3 is 0 Å². The quantitative estimate of drug-likeness (QED) is 0.797. The molecule has 1 heterocycles. The van der Waals surface area contributed by atoms with Gasteiger partial charge in [-0.25, -0.2) is 0 Å². The second-order valence-electron chi connectivity index (χ2n) is 4.82. The van der Waals surface area contributed by atoms with Gasteiger partial charge in [0, 0.05) is 13.1 Å². The van der Waals surface area contributed by atoms with E-state index in [1.165, 1.54) is 5.56 Å². The molecule has 1 aromatic rings. The van der Waals surface area contributed by atoms with Crippen molar-refractivity contribution in [2.75, 3.05) is 13.1 Å². The molecule has 0 aliphatic carbocycles. The summed E-state index contributed by atoms with van der Waals surface area (Å²) >= 11 is 0. The summed E-state index contributed by atoms with van der Waals surface area (Å²) < 4.78 is 0. The number of primary amides is 1. The van der Waals surface area contributed by atoms with E-state index in [4.69, 9.17) is 11.5 Å². The lowest BCUT2D eigenvalue weighted by Gasteiger charge is -2.38. The van der Waals surface area contributed by atoms with Crippen LogP contribution in [0.4, 0.5) is 0 Å². The van der Waals surface area contributed by atoms with Gasteiger partial charge < -0.3 is 11.5 Å². The van der Waals surface area contributed by atoms with Crippen molar-refractivity contribution in [1.29, 1.82) is 0 Å². The molecule has 1 aromatic carbocycles. The summed E-state index contributed by atoms with van der Waals surface area (Å²) in [5.41, 5.74) is 11.8. The fourth-order valence-corrected chi connectivity index (χ4v) is 2.35. The van der Waals surface area contributed by atoms with E-state index in [0.717, 1.165) is 19.5 Å². The van der Waals surface area contributed by atoms with Crippen LogP contribution in [0.15, 0.2) is 30.3 Å². The van der Waals surface area contributed by atoms with Crippen molar-refractivity contribution in [1.82, 2.24) is 4.90 Å². The first-order valence-electron chi connectivity index (χ1n) is 5.95. The molecule has 0 aromatic heterocycles. The molecule has 1 aliphatic rings. The molecule has 1 saturated heterocycles. The van der Waals surface area contributed by atoms with Crippen molar-refractivity contribution in [2.24, 2.45) is 11.5 Å². The number of nitrogens with zero attached hydrogens (tertiary/aromatic N) is 1. The standard InChI is InChI=1S/C13H19N3O/c14-12(17)13(15)7-4-8-16(10-13)9-11-5-2-1-3-6-11/h1-3,5-6H,4,7-10,15H2,(H2,14,17). The van der Waals surface area contributed by atoms with Gasteiger partial charge in [0.2, 0.25) is 5.91 Å². The maximum atomic E-state index is 11.3. The normalized spacial score (nSPS) is 25.7. The number of carbonyl (C=O) groups is 1. The lowest BCUT2D eigenvalue weighted by molar-refractivity contribution is -0.125. The van der Waals surface area contributed by atoms with E-state index in [2.05, 4.69) is 17.0 Å². The molecule has 1 fully saturated rings. The van der Waals surface area contributed by atoms with Crippen molar-refractivity contribution in [3.63, 3.8) is 0 Å². The van der Waals surface area contributed by atoms with Crippen LogP contribution in [0, 0.1) is 0 Å². The van der Waals surface area contributed by atoms with Crippen LogP contribution in [0.5, 0.6) is 0 Å². The SMILES string of the molecule is NC(=O)C1(N)CCCN(Cc2ccccc2)C1. The Morgan fingerprint density at radius 2 is 2.06 bits per heavy atom. The van der Waals surface area contributed by atoms with Gasteiger partial charge in [-0.3, -0.25) is 9.69 Å². The first-order valence-corrected chi connectivity index (χ1v) is 5.95. The Morgan fingerprint density at radius 1 is 1.35 bits per heavy atom. The van der Waals surface area contributed by atoms with E-state index in [-0.39, 0.29) is 0 Å². The number of nitrogens with two attached hydrogens (primary N) is 2. The van der Waals surface area contributed by atoms with Gasteiger partial charge in [-0.05, 0) is 24.9 Å². The topological polar surface area (TPSA) is 72.3 Å². The van der Waals surface area contributed by atoms with E-state index in [0.29, 0.717) is 13.0 Å². The predicted octanol–water partition coefficient (Wildman–Crippen LogP) is 0.465. The summed E-state index contributed by atoms with van der Waals surface area (Å²) in [6.07, 6.45) is 1.61. The molecule has 0 bridgehead atoms. The summed E-state index contributed by atoms with van der Waals surface area (Å²) in [5, 5.41) is 0. The van der Waals surface area contributed by atoms with E-state index < -0.39 is 11.4 Å². The molecule has 0 radical (unpaired) electrons. The van der Waals surface area contributed by atoms with Crippen molar-refractivity contribution in [3.8, 4) is 0 Å². The smallest absolute Gasteiger partial charge is 0.238 e. The molecule has 4 N–H and O–H groups in total. The Balaban J connectivity index is 2.01. The van der Waals surface area contributed by atoms with Gasteiger partial charge in [0.05, 0.1) is 0 Å². The average molecular weight is 233 g/mol. The predicted molar refractivity (Wildman–Crippen MR) is 67.1 cm³/mol. The highest BCUT2D eigenvalue weighted by Gasteiger charge is 2.36. The number of amides is 1. The fraction of sp³-hybridized carbons (Fsp3) is 0.462. The van der Waals surface area contributed by atoms with Gasteiger partial charge in [-0.1, -0.05) is 30.3 Å². The minimum atomic E-state index is -0.854. The Bertz CT molecular complexity index is 393. The first-order chi connectivity index (χ1) is 8.10. The average Bonchev–Trinajstić information content (AvgIpc) is 2.30. The highest BCUT2D eigenvalue weighted by atomic mass is 16.1. The second kappa shape index (κ2) is 4.85. The van der Waals surface area contributed by atoms with Crippen molar-refractivity contribution >= 4 is 5.91 Å². The maximum absolute atomic E-state index is 11.3. The third-order valence-electron chi connectivity index (χ3n) is 3.34. The molecular weight excluding hydrogens is 214 g/mol. The number of benzene rings is 1. The molecule has 1 atom stereocenters. The van der Waals surface area contributed by atoms with Crippen LogP contribution >= 0.6 is 0 Å². The molecule has 0 spiro atoms. The molecule has 1 aliphatic heterocycles. The maximum Gasteiger partial charge on any atom is 0.238 e. The molecule has 4 heteroatoms. The number of hydrogen-bond acceptors (Lipinski definition) is 3. The highest BCUT2D eigenvalue weighted by molar-refractivity contribution is 5.84. The highest BCUT2D eigenvalue weighted by Crippen LogP contribution is 2.20. The van der Waals surface area contributed by atoms with Crippen molar-refractivity contribution in [2.45, 2.75) is 24.9 Å². The number of piperidine rings is 1. The monoisotopic (exact) mass is 233 g/mol. The third kappa shape index (κ3) is 2.84. The summed E-state index contributed by atoms with van der Waals surface area (Å²) in [4.78, 5) is 13.5. The lowest BCUT2D eigenvalue weighted by atomic mass is 9.89. The summed E-state index contributed by atoms with van der Waals surface area (Å²) in [7, 11) is 0. The third-order valence-corrected chi connectivity index (χ3v) is 3.34. The Hall–Kier alpha value is -1.39. The number of carbonyl (C=O) groups excluding carboxylic acids is 1. The number of rotatable bonds is 3. The van der Waals surface area contributed by atoms with Crippen LogP contribution in [0.25, 0.3) is 0 Å². The summed E-state index contributed by atoms with van der Waals surface area (Å²) in [5.74, 6) is -0.393. The summed E-state index contributed by atoms with van der Waals surface area (Å²) in [6.45, 7) is 2.35. The van der Waals surface area contributed by atoms with Gasteiger partial charge in [0.1, 0.15) is 5.54 Å². The van der Waals surface area contributed by atoms with Crippen molar-refractivity contribution in [3.05, 3.63) is 35.9 Å². The zero-order chi connectivity index (χ0) is 12.3. The van der Waals surface area contributed by atoms with E-state index in [1.54, 1.807) is 0 Å². The van der Waals surface area contributed by atoms with Crippen LogP contribution in [0.2, 0.25) is 0 Å². The van der Waals surface area contributed by atoms with E-state index >= 15 is 0 Å². The van der Waals surface area contributed by atoms with E-state index in [9.17, 15) is 4.79 Å². The minimum absolute atomic E-state index is 0.393. The van der Waals surface area contributed by atoms with E-state index in [1.807, 2.05) is 18.2 Å². The molecule has 1 amide bonds. The zero-order valence-corrected chi connectivity index (χ0v) is 9.93. The van der Waals surface area contributed by atoms with Crippen LogP contribution in [-0.2, 0) is 11.3 Å². The Kier molecular flexibility index (Phi) is 3.45. The molecule has 2 rings (SSSR count). The molecule has 0 saturated carbocycles. The fourth-order valence-electron chi connectivity index (χ4n) is 2.35.